The molecule has 21 heavy (non-hydrogen) atoms. The molecular weight excluding hydrogens is 292 g/mol. The number of hydrogen-bond donors (Lipinski definition) is 1. The molecule has 1 aliphatic carbocycles. The van der Waals surface area contributed by atoms with E-state index in [1.165, 1.54) is 0 Å². The number of amides is 1. The summed E-state index contributed by atoms with van der Waals surface area (Å²) in [7, 11) is 0. The lowest BCUT2D eigenvalue weighted by Gasteiger charge is -2.35. The maximum Gasteiger partial charge on any atom is 0.254 e. The molecule has 1 saturated carbocycles. The van der Waals surface area contributed by atoms with Crippen LogP contribution < -0.4 is 5.32 Å². The van der Waals surface area contributed by atoms with Crippen LogP contribution in [-0.4, -0.2) is 36.4 Å². The van der Waals surface area contributed by atoms with Crippen LogP contribution in [0.4, 0.5) is 0 Å². The van der Waals surface area contributed by atoms with Crippen LogP contribution in [0, 0.1) is 5.92 Å². The zero-order valence-corrected chi connectivity index (χ0v) is 12.6. The van der Waals surface area contributed by atoms with Gasteiger partial charge in [0.15, 0.2) is 5.79 Å². The van der Waals surface area contributed by atoms with Crippen molar-refractivity contribution >= 4 is 17.5 Å². The third-order valence-corrected chi connectivity index (χ3v) is 4.54. The number of halogens is 1. The predicted octanol–water partition coefficient (Wildman–Crippen LogP) is 2.40. The van der Waals surface area contributed by atoms with Gasteiger partial charge in [-0.1, -0.05) is 11.6 Å². The quantitative estimate of drug-likeness (QED) is 0.871. The van der Waals surface area contributed by atoms with Crippen molar-refractivity contribution in [1.82, 2.24) is 10.3 Å². The summed E-state index contributed by atoms with van der Waals surface area (Å²) in [5.41, 5.74) is 0.425. The summed E-state index contributed by atoms with van der Waals surface area (Å²) in [5, 5.41) is 3.18. The standard InChI is InChI=1S/C15H19ClN2O3/c16-13-12(2-1-7-17-13)14(19)18-10-11-3-5-15(6-4-11)20-8-9-21-15/h1-2,7,11H,3-6,8-10H2,(H,18,19). The summed E-state index contributed by atoms with van der Waals surface area (Å²) in [6, 6.07) is 3.39. The first kappa shape index (κ1) is 14.8. The Kier molecular flexibility index (Phi) is 4.42. The van der Waals surface area contributed by atoms with E-state index in [1.54, 1.807) is 18.3 Å². The van der Waals surface area contributed by atoms with Gasteiger partial charge in [0.2, 0.25) is 0 Å². The topological polar surface area (TPSA) is 60.5 Å². The minimum Gasteiger partial charge on any atom is -0.352 e. The fourth-order valence-electron chi connectivity index (χ4n) is 2.99. The number of hydrogen-bond acceptors (Lipinski definition) is 4. The highest BCUT2D eigenvalue weighted by Gasteiger charge is 2.40. The summed E-state index contributed by atoms with van der Waals surface area (Å²) in [4.78, 5) is 16.0. The van der Waals surface area contributed by atoms with Gasteiger partial charge in [0.1, 0.15) is 5.15 Å². The van der Waals surface area contributed by atoms with Crippen LogP contribution in [-0.2, 0) is 9.47 Å². The van der Waals surface area contributed by atoms with Crippen molar-refractivity contribution in [2.24, 2.45) is 5.92 Å². The number of aromatic nitrogens is 1. The molecule has 0 aromatic carbocycles. The van der Waals surface area contributed by atoms with E-state index in [2.05, 4.69) is 10.3 Å². The number of carbonyl (C=O) groups is 1. The Morgan fingerprint density at radius 1 is 1.38 bits per heavy atom. The summed E-state index contributed by atoms with van der Waals surface area (Å²) >= 11 is 5.92. The molecule has 1 saturated heterocycles. The third-order valence-electron chi connectivity index (χ3n) is 4.24. The molecule has 0 bridgehead atoms. The van der Waals surface area contributed by atoms with Gasteiger partial charge in [0.05, 0.1) is 18.8 Å². The van der Waals surface area contributed by atoms with E-state index in [0.717, 1.165) is 25.7 Å². The monoisotopic (exact) mass is 310 g/mol. The van der Waals surface area contributed by atoms with Crippen molar-refractivity contribution in [3.63, 3.8) is 0 Å². The minimum absolute atomic E-state index is 0.165. The van der Waals surface area contributed by atoms with Gasteiger partial charge < -0.3 is 14.8 Å². The van der Waals surface area contributed by atoms with E-state index in [0.29, 0.717) is 31.2 Å². The zero-order valence-electron chi connectivity index (χ0n) is 11.8. The van der Waals surface area contributed by atoms with Crippen molar-refractivity contribution in [1.29, 1.82) is 0 Å². The first-order valence-corrected chi connectivity index (χ1v) is 7.73. The Hall–Kier alpha value is -1.17. The van der Waals surface area contributed by atoms with Gasteiger partial charge in [0.25, 0.3) is 5.91 Å². The molecule has 3 rings (SSSR count). The second-order valence-electron chi connectivity index (χ2n) is 5.60. The molecule has 1 aromatic heterocycles. The van der Waals surface area contributed by atoms with Gasteiger partial charge in [0, 0.05) is 25.6 Å². The number of nitrogens with one attached hydrogen (secondary N) is 1. The van der Waals surface area contributed by atoms with Gasteiger partial charge in [-0.15, -0.1) is 0 Å². The second kappa shape index (κ2) is 6.30. The number of rotatable bonds is 3. The summed E-state index contributed by atoms with van der Waals surface area (Å²) in [6.45, 7) is 2.04. The molecule has 0 atom stereocenters. The van der Waals surface area contributed by atoms with Gasteiger partial charge in [-0.05, 0) is 30.9 Å². The van der Waals surface area contributed by atoms with E-state index in [4.69, 9.17) is 21.1 Å². The van der Waals surface area contributed by atoms with Gasteiger partial charge in [-0.3, -0.25) is 4.79 Å². The number of carbonyl (C=O) groups excluding carboxylic acids is 1. The lowest BCUT2D eigenvalue weighted by molar-refractivity contribution is -0.182. The Morgan fingerprint density at radius 3 is 2.76 bits per heavy atom. The van der Waals surface area contributed by atoms with Crippen LogP contribution in [0.2, 0.25) is 5.15 Å². The maximum absolute atomic E-state index is 12.1. The van der Waals surface area contributed by atoms with Crippen LogP contribution in [0.5, 0.6) is 0 Å². The second-order valence-corrected chi connectivity index (χ2v) is 5.96. The van der Waals surface area contributed by atoms with E-state index in [-0.39, 0.29) is 16.8 Å². The van der Waals surface area contributed by atoms with Crippen molar-refractivity contribution in [3.05, 3.63) is 29.0 Å². The van der Waals surface area contributed by atoms with Crippen molar-refractivity contribution < 1.29 is 14.3 Å². The summed E-state index contributed by atoms with van der Waals surface area (Å²) in [5.74, 6) is -0.0442. The first-order valence-electron chi connectivity index (χ1n) is 7.35. The van der Waals surface area contributed by atoms with Crippen molar-refractivity contribution in [2.45, 2.75) is 31.5 Å². The molecule has 114 valence electrons. The van der Waals surface area contributed by atoms with Crippen LogP contribution >= 0.6 is 11.6 Å². The highest BCUT2D eigenvalue weighted by molar-refractivity contribution is 6.32. The van der Waals surface area contributed by atoms with Crippen LogP contribution in [0.3, 0.4) is 0 Å². The van der Waals surface area contributed by atoms with Crippen molar-refractivity contribution in [3.8, 4) is 0 Å². The summed E-state index contributed by atoms with van der Waals surface area (Å²) < 4.78 is 11.4. The molecule has 6 heteroatoms. The van der Waals surface area contributed by atoms with E-state index in [9.17, 15) is 4.79 Å². The summed E-state index contributed by atoms with van der Waals surface area (Å²) in [6.07, 6.45) is 5.38. The molecular formula is C15H19ClN2O3. The zero-order chi connectivity index (χ0) is 14.7. The van der Waals surface area contributed by atoms with Crippen LogP contribution in [0.25, 0.3) is 0 Å². The largest absolute Gasteiger partial charge is 0.352 e. The van der Waals surface area contributed by atoms with Gasteiger partial charge in [-0.25, -0.2) is 4.98 Å². The Balaban J connectivity index is 1.48. The first-order chi connectivity index (χ1) is 10.2. The average Bonchev–Trinajstić information content (AvgIpc) is 2.95. The van der Waals surface area contributed by atoms with Crippen molar-refractivity contribution in [2.75, 3.05) is 19.8 Å². The average molecular weight is 311 g/mol. The van der Waals surface area contributed by atoms with Crippen LogP contribution in [0.15, 0.2) is 18.3 Å². The van der Waals surface area contributed by atoms with Gasteiger partial charge in [-0.2, -0.15) is 0 Å². The Morgan fingerprint density at radius 2 is 2.10 bits per heavy atom. The highest BCUT2D eigenvalue weighted by Crippen LogP contribution is 2.37. The molecule has 1 spiro atoms. The maximum atomic E-state index is 12.1. The fraction of sp³-hybridized carbons (Fsp3) is 0.600. The molecule has 0 unspecified atom stereocenters. The third kappa shape index (κ3) is 3.36. The molecule has 2 aliphatic rings. The lowest BCUT2D eigenvalue weighted by atomic mass is 9.85. The minimum atomic E-state index is -0.340. The van der Waals surface area contributed by atoms with E-state index < -0.39 is 0 Å². The normalized spacial score (nSPS) is 21.6. The number of nitrogens with zero attached hydrogens (tertiary/aromatic N) is 1. The Bertz CT molecular complexity index is 507. The molecule has 1 N–H and O–H groups in total. The fourth-order valence-corrected chi connectivity index (χ4v) is 3.20. The molecule has 2 fully saturated rings. The molecule has 5 nitrogen and oxygen atoms in total. The lowest BCUT2D eigenvalue weighted by Crippen LogP contribution is -2.38. The SMILES string of the molecule is O=C(NCC1CCC2(CC1)OCCO2)c1cccnc1Cl. The molecule has 0 radical (unpaired) electrons. The number of pyridine rings is 1. The molecule has 1 aliphatic heterocycles. The molecule has 2 heterocycles. The predicted molar refractivity (Wildman–Crippen MR) is 78.2 cm³/mol. The smallest absolute Gasteiger partial charge is 0.254 e. The number of ether oxygens (including phenoxy) is 2. The highest BCUT2D eigenvalue weighted by atomic mass is 35.5. The van der Waals surface area contributed by atoms with E-state index in [1.807, 2.05) is 0 Å². The Labute approximate surface area is 129 Å². The molecule has 1 amide bonds. The molecule has 1 aromatic rings. The van der Waals surface area contributed by atoms with Gasteiger partial charge >= 0.3 is 0 Å². The van der Waals surface area contributed by atoms with E-state index >= 15 is 0 Å². The van der Waals surface area contributed by atoms with Crippen LogP contribution in [0.1, 0.15) is 36.0 Å².